The lowest BCUT2D eigenvalue weighted by molar-refractivity contribution is 0.0969. The van der Waals surface area contributed by atoms with E-state index < -0.39 is 23.2 Å². The van der Waals surface area contributed by atoms with Gasteiger partial charge in [-0.05, 0) is 37.3 Å². The van der Waals surface area contributed by atoms with Crippen molar-refractivity contribution >= 4 is 22.7 Å². The molecule has 0 aliphatic carbocycles. The van der Waals surface area contributed by atoms with E-state index in [9.17, 15) is 14.0 Å². The van der Waals surface area contributed by atoms with Crippen molar-refractivity contribution in [2.75, 3.05) is 26.2 Å². The number of rotatable bonds is 5. The number of hydrogen-bond acceptors (Lipinski definition) is 8. The van der Waals surface area contributed by atoms with Crippen LogP contribution in [0.15, 0.2) is 50.1 Å². The topological polar surface area (TPSA) is 104 Å². The summed E-state index contributed by atoms with van der Waals surface area (Å²) in [5, 5.41) is 3.99. The van der Waals surface area contributed by atoms with Crippen LogP contribution >= 0.6 is 0 Å². The second-order valence-corrected chi connectivity index (χ2v) is 7.61. The summed E-state index contributed by atoms with van der Waals surface area (Å²) < 4.78 is 41.5. The maximum absolute atomic E-state index is 14.0. The first kappa shape index (κ1) is 21.5. The van der Waals surface area contributed by atoms with Crippen molar-refractivity contribution in [1.82, 2.24) is 5.16 Å². The van der Waals surface area contributed by atoms with Crippen LogP contribution in [0.2, 0.25) is 0 Å². The highest BCUT2D eigenvalue weighted by atomic mass is 19.1. The van der Waals surface area contributed by atoms with Gasteiger partial charge in [-0.2, -0.15) is 0 Å². The van der Waals surface area contributed by atoms with Crippen molar-refractivity contribution in [2.24, 2.45) is 0 Å². The molecular weight excluding hydrogens is 447 g/mol. The number of halogens is 1. The van der Waals surface area contributed by atoms with Gasteiger partial charge < -0.3 is 23.2 Å². The zero-order valence-corrected chi connectivity index (χ0v) is 18.7. The molecule has 0 fully saturated rings. The van der Waals surface area contributed by atoms with Gasteiger partial charge in [-0.1, -0.05) is 5.16 Å². The molecule has 5 rings (SSSR count). The van der Waals surface area contributed by atoms with E-state index in [0.29, 0.717) is 17.1 Å². The van der Waals surface area contributed by atoms with Gasteiger partial charge in [-0.3, -0.25) is 14.5 Å². The molecule has 10 heteroatoms. The Kier molecular flexibility index (Phi) is 5.00. The third kappa shape index (κ3) is 3.02. The number of aryl methyl sites for hydroxylation is 1. The highest BCUT2D eigenvalue weighted by Gasteiger charge is 2.46. The second kappa shape index (κ2) is 7.91. The zero-order chi connectivity index (χ0) is 24.1. The van der Waals surface area contributed by atoms with Crippen LogP contribution in [0, 0.1) is 12.7 Å². The van der Waals surface area contributed by atoms with Gasteiger partial charge in [-0.15, -0.1) is 0 Å². The Balaban J connectivity index is 1.86. The Morgan fingerprint density at radius 3 is 2.41 bits per heavy atom. The Hall–Kier alpha value is -4.34. The molecule has 0 unspecified atom stereocenters. The molecule has 2 aromatic heterocycles. The SMILES string of the molecule is COc1ccc([C@H]2c3c(oc4ccc(F)cc4c3=O)C(=O)N2c2cc(C)on2)c(OC)c1OC. The minimum absolute atomic E-state index is 0.00850. The van der Waals surface area contributed by atoms with Gasteiger partial charge in [0.05, 0.1) is 32.3 Å². The molecule has 1 amide bonds. The lowest BCUT2D eigenvalue weighted by atomic mass is 9.97. The molecule has 1 aliphatic heterocycles. The van der Waals surface area contributed by atoms with Gasteiger partial charge in [0.1, 0.15) is 23.2 Å². The highest BCUT2D eigenvalue weighted by Crippen LogP contribution is 2.48. The van der Waals surface area contributed by atoms with Crippen molar-refractivity contribution in [3.63, 3.8) is 0 Å². The van der Waals surface area contributed by atoms with Gasteiger partial charge in [0.25, 0.3) is 5.91 Å². The number of anilines is 1. The minimum atomic E-state index is -1.02. The predicted molar refractivity (Wildman–Crippen MR) is 118 cm³/mol. The molecule has 0 bridgehead atoms. The molecule has 174 valence electrons. The minimum Gasteiger partial charge on any atom is -0.493 e. The number of ether oxygens (including phenoxy) is 3. The first-order chi connectivity index (χ1) is 16.4. The van der Waals surface area contributed by atoms with Crippen LogP contribution in [0.1, 0.15) is 33.5 Å². The molecule has 0 radical (unpaired) electrons. The van der Waals surface area contributed by atoms with Crippen molar-refractivity contribution in [1.29, 1.82) is 0 Å². The number of carbonyl (C=O) groups excluding carboxylic acids is 1. The lowest BCUT2D eigenvalue weighted by Gasteiger charge is -2.25. The van der Waals surface area contributed by atoms with E-state index in [1.807, 2.05) is 0 Å². The van der Waals surface area contributed by atoms with Crippen molar-refractivity contribution in [3.8, 4) is 17.2 Å². The molecule has 34 heavy (non-hydrogen) atoms. The maximum Gasteiger partial charge on any atom is 0.296 e. The van der Waals surface area contributed by atoms with Gasteiger partial charge in [0.2, 0.25) is 11.5 Å². The van der Waals surface area contributed by atoms with Crippen LogP contribution in [-0.4, -0.2) is 32.4 Å². The summed E-state index contributed by atoms with van der Waals surface area (Å²) in [5.41, 5.74) is -0.0198. The van der Waals surface area contributed by atoms with Gasteiger partial charge in [-0.25, -0.2) is 4.39 Å². The van der Waals surface area contributed by atoms with Crippen molar-refractivity contribution in [2.45, 2.75) is 13.0 Å². The number of methoxy groups -OCH3 is 3. The fourth-order valence-electron chi connectivity index (χ4n) is 4.28. The van der Waals surface area contributed by atoms with Crippen LogP contribution in [-0.2, 0) is 0 Å². The summed E-state index contributed by atoms with van der Waals surface area (Å²) in [4.78, 5) is 28.5. The molecule has 0 N–H and O–H groups in total. The molecule has 0 saturated heterocycles. The highest BCUT2D eigenvalue weighted by molar-refractivity contribution is 6.10. The molecule has 3 heterocycles. The summed E-state index contributed by atoms with van der Waals surface area (Å²) in [7, 11) is 4.35. The predicted octanol–water partition coefficient (Wildman–Crippen LogP) is 4.00. The quantitative estimate of drug-likeness (QED) is 0.435. The van der Waals surface area contributed by atoms with Crippen LogP contribution in [0.25, 0.3) is 11.0 Å². The van der Waals surface area contributed by atoms with Crippen LogP contribution in [0.5, 0.6) is 17.2 Å². The van der Waals surface area contributed by atoms with Crippen LogP contribution < -0.4 is 24.5 Å². The van der Waals surface area contributed by atoms with Gasteiger partial charge in [0, 0.05) is 11.6 Å². The zero-order valence-electron chi connectivity index (χ0n) is 18.7. The van der Waals surface area contributed by atoms with Gasteiger partial charge >= 0.3 is 0 Å². The Labute approximate surface area is 192 Å². The summed E-state index contributed by atoms with van der Waals surface area (Å²) in [6, 6.07) is 7.38. The molecule has 9 nitrogen and oxygen atoms in total. The molecule has 0 spiro atoms. The third-order valence-corrected chi connectivity index (χ3v) is 5.72. The number of aromatic nitrogens is 1. The van der Waals surface area contributed by atoms with E-state index in [1.165, 1.54) is 32.3 Å². The number of nitrogens with zero attached hydrogens (tertiary/aromatic N) is 2. The van der Waals surface area contributed by atoms with E-state index in [4.69, 9.17) is 23.2 Å². The summed E-state index contributed by atoms with van der Waals surface area (Å²) in [5.74, 6) is 0.165. The molecule has 2 aromatic carbocycles. The van der Waals surface area contributed by atoms with E-state index >= 15 is 0 Å². The Morgan fingerprint density at radius 1 is 1.00 bits per heavy atom. The number of benzene rings is 2. The molecule has 1 aliphatic rings. The number of hydrogen-bond donors (Lipinski definition) is 0. The monoisotopic (exact) mass is 466 g/mol. The molecular formula is C24H19FN2O7. The standard InChI is InChI=1S/C24H19FN2O7/c1-11-9-17(26-34-11)27-19(13-6-8-16(30-2)22(32-4)21(13)31-3)18-20(28)14-10-12(25)5-7-15(14)33-23(18)24(27)29/h5-10,19H,1-4H3/t19-/m0/s1. The van der Waals surface area contributed by atoms with E-state index in [-0.39, 0.29) is 39.6 Å². The summed E-state index contributed by atoms with van der Waals surface area (Å²) in [6.45, 7) is 1.68. The molecule has 4 aromatic rings. The number of amides is 1. The van der Waals surface area contributed by atoms with Crippen molar-refractivity contribution in [3.05, 3.63) is 75.1 Å². The first-order valence-corrected chi connectivity index (χ1v) is 10.2. The average Bonchev–Trinajstić information content (AvgIpc) is 3.39. The Bertz CT molecular complexity index is 1510. The number of fused-ring (bicyclic) bond motifs is 2. The van der Waals surface area contributed by atoms with E-state index in [1.54, 1.807) is 25.1 Å². The normalized spacial score (nSPS) is 15.0. The second-order valence-electron chi connectivity index (χ2n) is 7.61. The first-order valence-electron chi connectivity index (χ1n) is 10.2. The lowest BCUT2D eigenvalue weighted by Crippen LogP contribution is -2.30. The van der Waals surface area contributed by atoms with Crippen LogP contribution in [0.3, 0.4) is 0 Å². The average molecular weight is 466 g/mol. The maximum atomic E-state index is 14.0. The smallest absolute Gasteiger partial charge is 0.296 e. The van der Waals surface area contributed by atoms with Gasteiger partial charge in [0.15, 0.2) is 22.7 Å². The molecule has 0 saturated carbocycles. The van der Waals surface area contributed by atoms with Crippen LogP contribution in [0.4, 0.5) is 10.2 Å². The van der Waals surface area contributed by atoms with Crippen molar-refractivity contribution < 1.29 is 32.3 Å². The third-order valence-electron chi connectivity index (χ3n) is 5.72. The fraction of sp³-hybridized carbons (Fsp3) is 0.208. The van der Waals surface area contributed by atoms with E-state index in [2.05, 4.69) is 5.16 Å². The largest absolute Gasteiger partial charge is 0.493 e. The summed E-state index contributed by atoms with van der Waals surface area (Å²) in [6.07, 6.45) is 0. The fourth-order valence-corrected chi connectivity index (χ4v) is 4.28. The molecule has 1 atom stereocenters. The number of carbonyl (C=O) groups is 1. The van der Waals surface area contributed by atoms with E-state index in [0.717, 1.165) is 12.1 Å². The Morgan fingerprint density at radius 2 is 1.76 bits per heavy atom. The summed E-state index contributed by atoms with van der Waals surface area (Å²) >= 11 is 0.